The first-order valence-electron chi connectivity index (χ1n) is 17.6. The van der Waals surface area contributed by atoms with Gasteiger partial charge < -0.3 is 29.8 Å². The number of nitrogens with one attached hydrogen (secondary N) is 1. The second-order valence-electron chi connectivity index (χ2n) is 15.3. The van der Waals surface area contributed by atoms with E-state index in [2.05, 4.69) is 12.2 Å². The molecule has 3 N–H and O–H groups in total. The van der Waals surface area contributed by atoms with Crippen molar-refractivity contribution in [1.29, 1.82) is 0 Å². The Morgan fingerprint density at radius 1 is 1.00 bits per heavy atom. The van der Waals surface area contributed by atoms with Crippen LogP contribution in [0.1, 0.15) is 104 Å². The predicted octanol–water partition coefficient (Wildman–Crippen LogP) is 2.88. The van der Waals surface area contributed by atoms with Crippen LogP contribution >= 0.6 is 0 Å². The maximum absolute atomic E-state index is 12.5. The number of unbranched alkanes of at least 4 members (excludes halogenated alkanes) is 2. The summed E-state index contributed by atoms with van der Waals surface area (Å²) < 4.78 is 11.3. The van der Waals surface area contributed by atoms with E-state index in [4.69, 9.17) is 14.3 Å². The summed E-state index contributed by atoms with van der Waals surface area (Å²) in [4.78, 5) is 64.2. The molecule has 0 aromatic heterocycles. The molecule has 0 aromatic carbocycles. The molecule has 4 saturated carbocycles. The van der Waals surface area contributed by atoms with Crippen LogP contribution in [0.3, 0.4) is 0 Å². The molecule has 12 heteroatoms. The second-order valence-corrected chi connectivity index (χ2v) is 15.3. The quantitative estimate of drug-likeness (QED) is 0.171. The summed E-state index contributed by atoms with van der Waals surface area (Å²) >= 11 is 0. The van der Waals surface area contributed by atoms with Crippen LogP contribution in [-0.2, 0) is 38.3 Å². The Bertz CT molecular complexity index is 1300. The zero-order chi connectivity index (χ0) is 33.6. The fourth-order valence-corrected chi connectivity index (χ4v) is 10.4. The van der Waals surface area contributed by atoms with E-state index in [0.717, 1.165) is 44.1 Å². The zero-order valence-electron chi connectivity index (χ0n) is 27.7. The third kappa shape index (κ3) is 6.14. The van der Waals surface area contributed by atoms with E-state index < -0.39 is 34.9 Å². The number of carbonyl (C=O) groups excluding carboxylic acids is 5. The molecule has 47 heavy (non-hydrogen) atoms. The van der Waals surface area contributed by atoms with Gasteiger partial charge >= 0.3 is 11.9 Å². The van der Waals surface area contributed by atoms with Gasteiger partial charge in [0.15, 0.2) is 0 Å². The van der Waals surface area contributed by atoms with Crippen molar-refractivity contribution < 1.29 is 48.5 Å². The highest BCUT2D eigenvalue weighted by molar-refractivity contribution is 6.01. The Labute approximate surface area is 275 Å². The van der Waals surface area contributed by atoms with Crippen molar-refractivity contribution in [3.63, 3.8) is 0 Å². The number of aliphatic hydroxyl groups is 2. The number of ether oxygens (including phenoxy) is 2. The minimum absolute atomic E-state index is 0.00928. The minimum atomic E-state index is -0.996. The fraction of sp³-hybridized carbons (Fsp3) is 0.800. The number of cyclic esters (lactones) is 1. The number of hydrogen-bond donors (Lipinski definition) is 3. The first kappa shape index (κ1) is 34.0. The first-order chi connectivity index (χ1) is 22.4. The van der Waals surface area contributed by atoms with Crippen molar-refractivity contribution in [2.75, 3.05) is 19.8 Å². The number of esters is 1. The normalized spacial score (nSPS) is 39.5. The monoisotopic (exact) mass is 658 g/mol. The number of rotatable bonds is 11. The Hall–Kier alpha value is -2.83. The van der Waals surface area contributed by atoms with Gasteiger partial charge in [0.2, 0.25) is 5.91 Å². The molecule has 3 amide bonds. The minimum Gasteiger partial charge on any atom is -0.458 e. The highest BCUT2D eigenvalue weighted by Gasteiger charge is 2.70. The fourth-order valence-electron chi connectivity index (χ4n) is 10.4. The van der Waals surface area contributed by atoms with Gasteiger partial charge in [-0.3, -0.25) is 14.4 Å². The Balaban J connectivity index is 0.929. The lowest BCUT2D eigenvalue weighted by molar-refractivity contribution is -0.245. The Kier molecular flexibility index (Phi) is 9.59. The van der Waals surface area contributed by atoms with Crippen LogP contribution in [-0.4, -0.2) is 82.5 Å². The van der Waals surface area contributed by atoms with Crippen LogP contribution in [0, 0.1) is 34.5 Å². The standard InChI is InChI=1S/C35H50N2O10/c1-33-13-11-23(45-20-28(39)36-15-5-3-4-6-31(42)47-37-29(40)9-10-30(37)41)17-22(33)7-8-25-26(33)18-27(38)34(2)24(12-14-35(25,34)44)21-16-32(43)46-19-21/h16,22-27,38,44H,3-15,17-20H2,1-2H3,(H,36,39)/t22-,23+,24-,25?,26?,27-,33+,34+,35?/m1/s1. The van der Waals surface area contributed by atoms with Crippen molar-refractivity contribution in [3.8, 4) is 0 Å². The summed E-state index contributed by atoms with van der Waals surface area (Å²) in [6.45, 7) is 5.06. The molecule has 12 nitrogen and oxygen atoms in total. The highest BCUT2D eigenvalue weighted by Crippen LogP contribution is 2.70. The molecule has 9 atom stereocenters. The molecule has 260 valence electrons. The van der Waals surface area contributed by atoms with E-state index >= 15 is 0 Å². The Morgan fingerprint density at radius 3 is 2.49 bits per heavy atom. The van der Waals surface area contributed by atoms with Gasteiger partial charge in [-0.15, -0.1) is 5.06 Å². The molecule has 0 bridgehead atoms. The SMILES string of the molecule is C[C@]12[C@H](O)CC3C(CC[C@@H]4C[C@@H](OCC(=O)NCCCCCC(=O)ON5C(=O)CCC5=O)CC[C@]34C)C1(O)CC[C@@H]2C1=CC(=O)OC1. The summed E-state index contributed by atoms with van der Waals surface area (Å²) in [5.41, 5.74) is -0.836. The van der Waals surface area contributed by atoms with Gasteiger partial charge in [-0.2, -0.15) is 0 Å². The van der Waals surface area contributed by atoms with E-state index in [9.17, 15) is 34.2 Å². The summed E-state index contributed by atoms with van der Waals surface area (Å²) in [5.74, 6) is -1.51. The molecular weight excluding hydrogens is 608 g/mol. The van der Waals surface area contributed by atoms with Gasteiger partial charge in [-0.1, -0.05) is 20.3 Å². The molecule has 6 aliphatic rings. The Morgan fingerprint density at radius 2 is 1.77 bits per heavy atom. The number of amides is 3. The predicted molar refractivity (Wildman–Crippen MR) is 166 cm³/mol. The maximum Gasteiger partial charge on any atom is 0.333 e. The molecule has 0 spiro atoms. The molecule has 2 heterocycles. The van der Waals surface area contributed by atoms with E-state index in [1.165, 1.54) is 0 Å². The number of nitrogens with zero attached hydrogens (tertiary/aromatic N) is 1. The topological polar surface area (TPSA) is 169 Å². The van der Waals surface area contributed by atoms with Gasteiger partial charge in [0.1, 0.15) is 13.2 Å². The summed E-state index contributed by atoms with van der Waals surface area (Å²) in [7, 11) is 0. The van der Waals surface area contributed by atoms with Gasteiger partial charge in [0.25, 0.3) is 11.8 Å². The lowest BCUT2D eigenvalue weighted by Gasteiger charge is -2.65. The number of hydrogen-bond acceptors (Lipinski definition) is 10. The third-order valence-electron chi connectivity index (χ3n) is 13.1. The number of carbonyl (C=O) groups is 5. The smallest absolute Gasteiger partial charge is 0.333 e. The molecule has 1 saturated heterocycles. The van der Waals surface area contributed by atoms with Gasteiger partial charge in [0.05, 0.1) is 17.8 Å². The summed E-state index contributed by atoms with van der Waals surface area (Å²) in [6, 6.07) is 0. The number of aliphatic hydroxyl groups excluding tert-OH is 1. The van der Waals surface area contributed by atoms with Gasteiger partial charge in [-0.25, -0.2) is 9.59 Å². The van der Waals surface area contributed by atoms with Gasteiger partial charge in [-0.05, 0) is 98.9 Å². The van der Waals surface area contributed by atoms with Crippen LogP contribution in [0.25, 0.3) is 0 Å². The largest absolute Gasteiger partial charge is 0.458 e. The summed E-state index contributed by atoms with van der Waals surface area (Å²) in [6.07, 6.45) is 9.45. The molecule has 4 aliphatic carbocycles. The van der Waals surface area contributed by atoms with Crippen molar-refractivity contribution in [2.24, 2.45) is 34.5 Å². The van der Waals surface area contributed by atoms with E-state index in [1.54, 1.807) is 6.08 Å². The van der Waals surface area contributed by atoms with Crippen molar-refractivity contribution >= 4 is 29.7 Å². The number of hydroxylamine groups is 2. The second kappa shape index (κ2) is 13.2. The van der Waals surface area contributed by atoms with E-state index in [-0.39, 0.29) is 73.6 Å². The summed E-state index contributed by atoms with van der Waals surface area (Å²) in [5, 5.41) is 27.6. The van der Waals surface area contributed by atoms with Crippen LogP contribution in [0.15, 0.2) is 11.6 Å². The lowest BCUT2D eigenvalue weighted by Crippen LogP contribution is -2.67. The van der Waals surface area contributed by atoms with E-state index in [0.29, 0.717) is 49.6 Å². The molecule has 0 radical (unpaired) electrons. The van der Waals surface area contributed by atoms with Gasteiger partial charge in [0, 0.05) is 37.3 Å². The maximum atomic E-state index is 12.5. The van der Waals surface area contributed by atoms with Crippen LogP contribution in [0.4, 0.5) is 0 Å². The van der Waals surface area contributed by atoms with Crippen LogP contribution < -0.4 is 5.32 Å². The molecular formula is C35H50N2O10. The molecule has 2 aliphatic heterocycles. The average Bonchev–Trinajstić information content (AvgIpc) is 3.69. The number of fused-ring (bicyclic) bond motifs is 5. The molecule has 0 aromatic rings. The number of imide groups is 1. The zero-order valence-corrected chi connectivity index (χ0v) is 27.7. The van der Waals surface area contributed by atoms with Crippen molar-refractivity contribution in [2.45, 2.75) is 122 Å². The average molecular weight is 659 g/mol. The van der Waals surface area contributed by atoms with E-state index in [1.807, 2.05) is 6.92 Å². The van der Waals surface area contributed by atoms with Crippen molar-refractivity contribution in [1.82, 2.24) is 10.4 Å². The lowest BCUT2D eigenvalue weighted by atomic mass is 9.42. The molecule has 3 unspecified atom stereocenters. The highest BCUT2D eigenvalue weighted by atomic mass is 16.7. The molecule has 6 rings (SSSR count). The van der Waals surface area contributed by atoms with Crippen LogP contribution in [0.2, 0.25) is 0 Å². The third-order valence-corrected chi connectivity index (χ3v) is 13.1. The first-order valence-corrected chi connectivity index (χ1v) is 17.6. The molecule has 5 fully saturated rings. The van der Waals surface area contributed by atoms with Crippen molar-refractivity contribution in [3.05, 3.63) is 11.6 Å². The van der Waals surface area contributed by atoms with Crippen LogP contribution in [0.5, 0.6) is 0 Å².